The highest BCUT2D eigenvalue weighted by Crippen LogP contribution is 2.32. The fourth-order valence-electron chi connectivity index (χ4n) is 2.66. The molecule has 104 valence electrons. The summed E-state index contributed by atoms with van der Waals surface area (Å²) in [6.45, 7) is 3.17. The van der Waals surface area contributed by atoms with Crippen LogP contribution in [0.1, 0.15) is 18.4 Å². The van der Waals surface area contributed by atoms with E-state index in [1.807, 2.05) is 18.3 Å². The third-order valence-electron chi connectivity index (χ3n) is 3.98. The van der Waals surface area contributed by atoms with Gasteiger partial charge in [0.15, 0.2) is 0 Å². The van der Waals surface area contributed by atoms with Gasteiger partial charge in [0.25, 0.3) is 0 Å². The molecule has 20 heavy (non-hydrogen) atoms. The van der Waals surface area contributed by atoms with E-state index in [0.717, 1.165) is 18.2 Å². The van der Waals surface area contributed by atoms with Crippen LogP contribution < -0.4 is 5.32 Å². The van der Waals surface area contributed by atoms with E-state index in [0.29, 0.717) is 5.25 Å². The topological polar surface area (TPSA) is 24.9 Å². The SMILES string of the molecule is Cc1ccc(NCC2CC(S)C2)cc1-c1ccccn1. The molecule has 1 aromatic heterocycles. The molecule has 0 aliphatic heterocycles. The Morgan fingerprint density at radius 2 is 2.10 bits per heavy atom. The molecule has 0 spiro atoms. The van der Waals surface area contributed by atoms with E-state index in [4.69, 9.17) is 0 Å². The highest BCUT2D eigenvalue weighted by molar-refractivity contribution is 7.81. The summed E-state index contributed by atoms with van der Waals surface area (Å²) < 4.78 is 0. The number of nitrogens with zero attached hydrogens (tertiary/aromatic N) is 1. The molecular weight excluding hydrogens is 264 g/mol. The molecule has 3 heteroatoms. The summed E-state index contributed by atoms with van der Waals surface area (Å²) in [5, 5.41) is 4.16. The van der Waals surface area contributed by atoms with Gasteiger partial charge in [0.2, 0.25) is 0 Å². The maximum absolute atomic E-state index is 4.47. The minimum Gasteiger partial charge on any atom is -0.385 e. The lowest BCUT2D eigenvalue weighted by molar-refractivity contribution is 0.348. The molecule has 2 nitrogen and oxygen atoms in total. The van der Waals surface area contributed by atoms with Gasteiger partial charge < -0.3 is 5.32 Å². The van der Waals surface area contributed by atoms with Gasteiger partial charge in [0.05, 0.1) is 5.69 Å². The maximum Gasteiger partial charge on any atom is 0.0705 e. The van der Waals surface area contributed by atoms with E-state index < -0.39 is 0 Å². The van der Waals surface area contributed by atoms with Crippen LogP contribution in [-0.4, -0.2) is 16.8 Å². The van der Waals surface area contributed by atoms with E-state index in [1.54, 1.807) is 0 Å². The summed E-state index contributed by atoms with van der Waals surface area (Å²) in [7, 11) is 0. The second-order valence-electron chi connectivity index (χ2n) is 5.62. The summed E-state index contributed by atoms with van der Waals surface area (Å²) in [6, 6.07) is 12.6. The van der Waals surface area contributed by atoms with Gasteiger partial charge in [0.1, 0.15) is 0 Å². The summed E-state index contributed by atoms with van der Waals surface area (Å²) in [5.74, 6) is 0.775. The van der Waals surface area contributed by atoms with E-state index in [1.165, 1.54) is 29.7 Å². The molecule has 3 rings (SSSR count). The van der Waals surface area contributed by atoms with Crippen molar-refractivity contribution in [1.29, 1.82) is 0 Å². The van der Waals surface area contributed by atoms with E-state index in [2.05, 4.69) is 54.1 Å². The van der Waals surface area contributed by atoms with Crippen molar-refractivity contribution >= 4 is 18.3 Å². The van der Waals surface area contributed by atoms with Gasteiger partial charge in [0, 0.05) is 29.2 Å². The van der Waals surface area contributed by atoms with E-state index in [9.17, 15) is 0 Å². The molecule has 0 radical (unpaired) electrons. The Balaban J connectivity index is 1.73. The van der Waals surface area contributed by atoms with Gasteiger partial charge >= 0.3 is 0 Å². The van der Waals surface area contributed by atoms with Crippen molar-refractivity contribution in [2.45, 2.75) is 25.0 Å². The molecule has 0 saturated heterocycles. The Bertz CT molecular complexity index is 577. The average Bonchev–Trinajstić information content (AvgIpc) is 2.45. The molecule has 1 N–H and O–H groups in total. The molecule has 2 aromatic rings. The molecule has 1 saturated carbocycles. The molecule has 1 fully saturated rings. The Kier molecular flexibility index (Phi) is 3.97. The summed E-state index contributed by atoms with van der Waals surface area (Å²) in [5.41, 5.74) is 4.68. The molecule has 0 unspecified atom stereocenters. The smallest absolute Gasteiger partial charge is 0.0705 e. The van der Waals surface area contributed by atoms with Gasteiger partial charge in [-0.15, -0.1) is 0 Å². The lowest BCUT2D eigenvalue weighted by atomic mass is 9.85. The first-order valence-electron chi connectivity index (χ1n) is 7.16. The van der Waals surface area contributed by atoms with Crippen LogP contribution in [0.15, 0.2) is 42.6 Å². The molecule has 1 aromatic carbocycles. The fraction of sp³-hybridized carbons (Fsp3) is 0.353. The maximum atomic E-state index is 4.47. The number of hydrogen-bond acceptors (Lipinski definition) is 3. The quantitative estimate of drug-likeness (QED) is 0.823. The van der Waals surface area contributed by atoms with Gasteiger partial charge in [-0.05, 0) is 55.5 Å². The molecule has 1 heterocycles. The number of hydrogen-bond donors (Lipinski definition) is 2. The van der Waals surface area contributed by atoms with Crippen molar-refractivity contribution in [2.24, 2.45) is 5.92 Å². The van der Waals surface area contributed by atoms with Crippen molar-refractivity contribution in [1.82, 2.24) is 4.98 Å². The zero-order valence-electron chi connectivity index (χ0n) is 11.7. The van der Waals surface area contributed by atoms with Crippen molar-refractivity contribution in [3.05, 3.63) is 48.2 Å². The number of pyridine rings is 1. The van der Waals surface area contributed by atoms with Crippen LogP contribution in [0.2, 0.25) is 0 Å². The number of rotatable bonds is 4. The van der Waals surface area contributed by atoms with Gasteiger partial charge in [-0.1, -0.05) is 12.1 Å². The first-order valence-corrected chi connectivity index (χ1v) is 7.68. The number of aromatic nitrogens is 1. The third kappa shape index (κ3) is 2.98. The summed E-state index contributed by atoms with van der Waals surface area (Å²) in [6.07, 6.45) is 4.31. The second-order valence-corrected chi connectivity index (χ2v) is 6.35. The normalized spacial score (nSPS) is 21.3. The van der Waals surface area contributed by atoms with Gasteiger partial charge in [-0.25, -0.2) is 0 Å². The van der Waals surface area contributed by atoms with Crippen LogP contribution >= 0.6 is 12.6 Å². The van der Waals surface area contributed by atoms with Crippen molar-refractivity contribution < 1.29 is 0 Å². The van der Waals surface area contributed by atoms with E-state index in [-0.39, 0.29) is 0 Å². The monoisotopic (exact) mass is 284 g/mol. The number of nitrogens with one attached hydrogen (secondary N) is 1. The number of aryl methyl sites for hydroxylation is 1. The zero-order chi connectivity index (χ0) is 13.9. The predicted molar refractivity (Wildman–Crippen MR) is 88.4 cm³/mol. The molecule has 1 aliphatic rings. The Labute approximate surface area is 126 Å². The highest BCUT2D eigenvalue weighted by Gasteiger charge is 2.25. The highest BCUT2D eigenvalue weighted by atomic mass is 32.1. The van der Waals surface area contributed by atoms with Gasteiger partial charge in [-0.2, -0.15) is 12.6 Å². The number of thiol groups is 1. The minimum atomic E-state index is 0.615. The molecule has 1 aliphatic carbocycles. The second kappa shape index (κ2) is 5.88. The summed E-state index contributed by atoms with van der Waals surface area (Å²) >= 11 is 4.47. The first kappa shape index (κ1) is 13.5. The Hall–Kier alpha value is -1.48. The van der Waals surface area contributed by atoms with Crippen LogP contribution in [0.25, 0.3) is 11.3 Å². The largest absolute Gasteiger partial charge is 0.385 e. The standard InChI is InChI=1S/C17H20N2S/c1-12-5-6-14(19-11-13-8-15(20)9-13)10-16(12)17-4-2-3-7-18-17/h2-7,10,13,15,19-20H,8-9,11H2,1H3. The van der Waals surface area contributed by atoms with Crippen LogP contribution in [-0.2, 0) is 0 Å². The minimum absolute atomic E-state index is 0.615. The lowest BCUT2D eigenvalue weighted by Gasteiger charge is -2.32. The lowest BCUT2D eigenvalue weighted by Crippen LogP contribution is -2.29. The number of benzene rings is 1. The molecule has 0 bridgehead atoms. The van der Waals surface area contributed by atoms with Crippen LogP contribution in [0.4, 0.5) is 5.69 Å². The Morgan fingerprint density at radius 1 is 1.25 bits per heavy atom. The summed E-state index contributed by atoms with van der Waals surface area (Å²) in [4.78, 5) is 4.45. The first-order chi connectivity index (χ1) is 9.72. The molecule has 0 atom stereocenters. The van der Waals surface area contributed by atoms with E-state index >= 15 is 0 Å². The molecule has 0 amide bonds. The average molecular weight is 284 g/mol. The van der Waals surface area contributed by atoms with Crippen molar-refractivity contribution in [3.63, 3.8) is 0 Å². The van der Waals surface area contributed by atoms with Crippen molar-refractivity contribution in [2.75, 3.05) is 11.9 Å². The fourth-order valence-corrected chi connectivity index (χ4v) is 3.26. The zero-order valence-corrected chi connectivity index (χ0v) is 12.6. The van der Waals surface area contributed by atoms with Crippen molar-refractivity contribution in [3.8, 4) is 11.3 Å². The van der Waals surface area contributed by atoms with Gasteiger partial charge in [-0.3, -0.25) is 4.98 Å². The Morgan fingerprint density at radius 3 is 2.80 bits per heavy atom. The van der Waals surface area contributed by atoms with Crippen LogP contribution in [0, 0.1) is 12.8 Å². The number of anilines is 1. The van der Waals surface area contributed by atoms with Crippen LogP contribution in [0.3, 0.4) is 0 Å². The predicted octanol–water partition coefficient (Wildman–Crippen LogP) is 4.18. The molecular formula is C17H20N2S. The third-order valence-corrected chi connectivity index (χ3v) is 4.41. The van der Waals surface area contributed by atoms with Crippen LogP contribution in [0.5, 0.6) is 0 Å².